The van der Waals surface area contributed by atoms with E-state index in [0.29, 0.717) is 17.1 Å². The number of carbonyl (C=O) groups excluding carboxylic acids is 2. The maximum atomic E-state index is 13.1. The Kier molecular flexibility index (Phi) is 7.65. The molecule has 5 rings (SSSR count). The zero-order valence-electron chi connectivity index (χ0n) is 21.3. The van der Waals surface area contributed by atoms with E-state index < -0.39 is 18.0 Å². The average molecular weight is 582 g/mol. The van der Waals surface area contributed by atoms with E-state index in [9.17, 15) is 14.7 Å². The number of ether oxygens (including phenoxy) is 3. The average Bonchev–Trinajstić information content (AvgIpc) is 3.58. The molecule has 1 aliphatic rings. The highest BCUT2D eigenvalue weighted by Gasteiger charge is 2.33. The Morgan fingerprint density at radius 1 is 1.03 bits per heavy atom. The van der Waals surface area contributed by atoms with Gasteiger partial charge in [-0.25, -0.2) is 9.59 Å². The van der Waals surface area contributed by atoms with Gasteiger partial charge < -0.3 is 24.2 Å². The van der Waals surface area contributed by atoms with Crippen LogP contribution in [-0.2, 0) is 25.6 Å². The zero-order valence-corrected chi connectivity index (χ0v) is 23.7. The van der Waals surface area contributed by atoms with Crippen molar-refractivity contribution >= 4 is 62.4 Å². The van der Waals surface area contributed by atoms with Crippen molar-refractivity contribution in [1.82, 2.24) is 4.90 Å². The van der Waals surface area contributed by atoms with Crippen LogP contribution in [0.1, 0.15) is 26.9 Å². The molecule has 0 fully saturated rings. The number of thiophene rings is 2. The van der Waals surface area contributed by atoms with Gasteiger partial charge in [-0.1, -0.05) is 35.9 Å². The molecule has 4 aromatic rings. The molecule has 1 atom stereocenters. The fourth-order valence-corrected chi connectivity index (χ4v) is 7.00. The second-order valence-corrected chi connectivity index (χ2v) is 11.2. The highest BCUT2D eigenvalue weighted by atomic mass is 35.5. The number of rotatable bonds is 6. The van der Waals surface area contributed by atoms with Gasteiger partial charge in [-0.05, 0) is 46.8 Å². The molecule has 39 heavy (non-hydrogen) atoms. The summed E-state index contributed by atoms with van der Waals surface area (Å²) in [6.45, 7) is 0.318. The second kappa shape index (κ2) is 11.1. The second-order valence-electron chi connectivity index (χ2n) is 8.66. The first kappa shape index (κ1) is 26.8. The van der Waals surface area contributed by atoms with E-state index >= 15 is 0 Å². The van der Waals surface area contributed by atoms with Crippen LogP contribution in [0.5, 0.6) is 11.5 Å². The summed E-state index contributed by atoms with van der Waals surface area (Å²) in [5.41, 5.74) is 1.29. The van der Waals surface area contributed by atoms with Gasteiger partial charge in [0.15, 0.2) is 11.5 Å². The van der Waals surface area contributed by atoms with Crippen molar-refractivity contribution in [1.29, 1.82) is 0 Å². The number of hydrogen-bond donors (Lipinski definition) is 1. The Hall–Kier alpha value is -3.79. The highest BCUT2D eigenvalue weighted by Crippen LogP contribution is 2.44. The Morgan fingerprint density at radius 3 is 2.44 bits per heavy atom. The summed E-state index contributed by atoms with van der Waals surface area (Å²) in [5, 5.41) is 14.2. The van der Waals surface area contributed by atoms with Crippen LogP contribution in [0.2, 0.25) is 5.02 Å². The predicted octanol–water partition coefficient (Wildman–Crippen LogP) is 6.55. The van der Waals surface area contributed by atoms with Gasteiger partial charge in [0.1, 0.15) is 0 Å². The lowest BCUT2D eigenvalue weighted by Gasteiger charge is -2.34. The number of aromatic hydroxyl groups is 1. The number of hydrogen-bond acceptors (Lipinski definition) is 9. The number of halogens is 1. The van der Waals surface area contributed by atoms with Crippen molar-refractivity contribution in [3.05, 3.63) is 97.2 Å². The fraction of sp³-hybridized carbons (Fsp3) is 0.172. The smallest absolute Gasteiger partial charge is 0.340 e. The van der Waals surface area contributed by atoms with Crippen molar-refractivity contribution < 1.29 is 28.9 Å². The standard InChI is InChI=1S/C29H24ClNO6S2/c1-35-22-13-18-16(12-21(22)32)11-19(28(33)36-2)20(29(34)37-3)14-31(27(18)24-9-6-10-38-24)15-25-26(30)17-7-4-5-8-23(17)39-25/h4-14,27,32H,15H2,1-3H3. The summed E-state index contributed by atoms with van der Waals surface area (Å²) >= 11 is 9.96. The molecule has 3 heterocycles. The summed E-state index contributed by atoms with van der Waals surface area (Å²) in [5.74, 6) is -1.25. The number of benzene rings is 2. The first-order valence-corrected chi connectivity index (χ1v) is 13.9. The number of phenolic OH excluding ortho intramolecular Hbond substituents is 1. The highest BCUT2D eigenvalue weighted by molar-refractivity contribution is 7.19. The van der Waals surface area contributed by atoms with Crippen molar-refractivity contribution in [3.8, 4) is 11.5 Å². The van der Waals surface area contributed by atoms with Gasteiger partial charge in [0.2, 0.25) is 0 Å². The Balaban J connectivity index is 1.81. The third-order valence-corrected chi connectivity index (χ3v) is 9.07. The van der Waals surface area contributed by atoms with Crippen LogP contribution < -0.4 is 4.74 Å². The Morgan fingerprint density at radius 2 is 1.77 bits per heavy atom. The topological polar surface area (TPSA) is 85.3 Å². The minimum absolute atomic E-state index is 0.00719. The summed E-state index contributed by atoms with van der Waals surface area (Å²) in [6.07, 6.45) is 3.16. The molecule has 1 aliphatic heterocycles. The first-order chi connectivity index (χ1) is 18.9. The van der Waals surface area contributed by atoms with Gasteiger partial charge in [-0.3, -0.25) is 0 Å². The van der Waals surface area contributed by atoms with Gasteiger partial charge in [-0.15, -0.1) is 22.7 Å². The van der Waals surface area contributed by atoms with Gasteiger partial charge in [0.25, 0.3) is 0 Å². The lowest BCUT2D eigenvalue weighted by Crippen LogP contribution is -2.28. The molecule has 0 saturated heterocycles. The van der Waals surface area contributed by atoms with Gasteiger partial charge >= 0.3 is 11.9 Å². The largest absolute Gasteiger partial charge is 0.504 e. The summed E-state index contributed by atoms with van der Waals surface area (Å²) in [6, 6.07) is 14.7. The number of nitrogens with zero attached hydrogens (tertiary/aromatic N) is 1. The van der Waals surface area contributed by atoms with Crippen LogP contribution in [0.4, 0.5) is 0 Å². The monoisotopic (exact) mass is 581 g/mol. The molecule has 1 N–H and O–H groups in total. The molecule has 2 aromatic carbocycles. The van der Waals surface area contributed by atoms with Crippen molar-refractivity contribution in [2.24, 2.45) is 0 Å². The molecule has 1 unspecified atom stereocenters. The minimum Gasteiger partial charge on any atom is -0.504 e. The number of esters is 2. The van der Waals surface area contributed by atoms with Crippen LogP contribution in [0.25, 0.3) is 16.2 Å². The van der Waals surface area contributed by atoms with E-state index in [1.54, 1.807) is 34.9 Å². The van der Waals surface area contributed by atoms with E-state index in [0.717, 1.165) is 25.4 Å². The lowest BCUT2D eigenvalue weighted by molar-refractivity contribution is -0.139. The fourth-order valence-electron chi connectivity index (χ4n) is 4.63. The maximum Gasteiger partial charge on any atom is 0.340 e. The molecule has 2 aromatic heterocycles. The number of phenols is 1. The SMILES string of the molecule is COC(=O)C1=Cc2cc(O)c(OC)cc2C(c2cccs2)N(Cc2sc3ccccc3c2Cl)C=C1C(=O)OC. The number of carbonyl (C=O) groups is 2. The van der Waals surface area contributed by atoms with E-state index in [-0.39, 0.29) is 22.6 Å². The molecule has 7 nitrogen and oxygen atoms in total. The molecule has 200 valence electrons. The normalized spacial score (nSPS) is 15.1. The molecule has 0 spiro atoms. The Bertz CT molecular complexity index is 1620. The summed E-state index contributed by atoms with van der Waals surface area (Å²) in [4.78, 5) is 29.9. The number of fused-ring (bicyclic) bond motifs is 2. The summed E-state index contributed by atoms with van der Waals surface area (Å²) in [7, 11) is 3.97. The van der Waals surface area contributed by atoms with Crippen LogP contribution in [-0.4, -0.2) is 43.3 Å². The number of methoxy groups -OCH3 is 3. The minimum atomic E-state index is -0.720. The van der Waals surface area contributed by atoms with Crippen LogP contribution in [0.15, 0.2) is 71.3 Å². The van der Waals surface area contributed by atoms with Crippen molar-refractivity contribution in [2.45, 2.75) is 12.6 Å². The molecule has 0 amide bonds. The Labute approximate surface area is 238 Å². The molecule has 0 bridgehead atoms. The van der Waals surface area contributed by atoms with Crippen LogP contribution >= 0.6 is 34.3 Å². The third-order valence-electron chi connectivity index (χ3n) is 6.45. The molecule has 10 heteroatoms. The van der Waals surface area contributed by atoms with Gasteiger partial charge in [0, 0.05) is 26.0 Å². The molecular formula is C29H24ClNO6S2. The molecule has 0 aliphatic carbocycles. The van der Waals surface area contributed by atoms with Gasteiger partial charge in [-0.2, -0.15) is 0 Å². The first-order valence-electron chi connectivity index (χ1n) is 11.8. The molecule has 0 radical (unpaired) electrons. The van der Waals surface area contributed by atoms with Crippen LogP contribution in [0, 0.1) is 0 Å². The van der Waals surface area contributed by atoms with E-state index in [1.165, 1.54) is 33.5 Å². The van der Waals surface area contributed by atoms with E-state index in [4.69, 9.17) is 25.8 Å². The summed E-state index contributed by atoms with van der Waals surface area (Å²) < 4.78 is 16.6. The van der Waals surface area contributed by atoms with Crippen molar-refractivity contribution in [2.75, 3.05) is 21.3 Å². The van der Waals surface area contributed by atoms with Crippen LogP contribution in [0.3, 0.4) is 0 Å². The maximum absolute atomic E-state index is 13.1. The predicted molar refractivity (Wildman–Crippen MR) is 153 cm³/mol. The zero-order chi connectivity index (χ0) is 27.7. The lowest BCUT2D eigenvalue weighted by atomic mass is 9.91. The van der Waals surface area contributed by atoms with E-state index in [2.05, 4.69) is 0 Å². The third kappa shape index (κ3) is 5.01. The van der Waals surface area contributed by atoms with E-state index in [1.807, 2.05) is 46.7 Å². The van der Waals surface area contributed by atoms with Gasteiger partial charge in [0.05, 0.1) is 50.1 Å². The molecular weight excluding hydrogens is 558 g/mol. The quantitative estimate of drug-likeness (QED) is 0.258. The molecule has 0 saturated carbocycles. The van der Waals surface area contributed by atoms with Crippen molar-refractivity contribution in [3.63, 3.8) is 0 Å².